The lowest BCUT2D eigenvalue weighted by atomic mass is 9.88. The van der Waals surface area contributed by atoms with E-state index in [0.717, 1.165) is 5.56 Å². The minimum Gasteiger partial charge on any atom is -0.292 e. The highest BCUT2D eigenvalue weighted by atomic mass is 35.5. The molecule has 0 spiro atoms. The van der Waals surface area contributed by atoms with Crippen LogP contribution in [-0.2, 0) is 6.54 Å². The van der Waals surface area contributed by atoms with E-state index in [9.17, 15) is 9.59 Å². The molecule has 1 atom stereocenters. The van der Waals surface area contributed by atoms with E-state index in [0.29, 0.717) is 17.7 Å². The summed E-state index contributed by atoms with van der Waals surface area (Å²) in [5.74, 6) is -0.528. The molecular weight excluding hydrogens is 286 g/mol. The molecule has 0 amide bonds. The van der Waals surface area contributed by atoms with E-state index < -0.39 is 5.38 Å². The molecule has 0 fully saturated rings. The molecule has 1 unspecified atom stereocenters. The average Bonchev–Trinajstić information content (AvgIpc) is 2.54. The van der Waals surface area contributed by atoms with Crippen LogP contribution >= 0.6 is 11.6 Å². The Kier molecular flexibility index (Phi) is 3.67. The smallest absolute Gasteiger partial charge is 0.209 e. The van der Waals surface area contributed by atoms with Crippen LogP contribution in [0.1, 0.15) is 26.3 Å². The van der Waals surface area contributed by atoms with E-state index in [-0.39, 0.29) is 17.3 Å². The summed E-state index contributed by atoms with van der Waals surface area (Å²) in [5.41, 5.74) is 1.85. The normalized spacial score (nSPS) is 19.7. The molecule has 0 aromatic heterocycles. The molecule has 3 nitrogen and oxygen atoms in total. The zero-order chi connectivity index (χ0) is 14.8. The van der Waals surface area contributed by atoms with Gasteiger partial charge >= 0.3 is 0 Å². The Morgan fingerprint density at radius 3 is 2.24 bits per heavy atom. The Morgan fingerprint density at radius 1 is 0.905 bits per heavy atom. The van der Waals surface area contributed by atoms with Gasteiger partial charge in [-0.25, -0.2) is 0 Å². The predicted octanol–water partition coefficient (Wildman–Crippen LogP) is 3.31. The number of hydrogen-bond acceptors (Lipinski definition) is 3. The topological polar surface area (TPSA) is 46.5 Å². The van der Waals surface area contributed by atoms with Gasteiger partial charge in [-0.05, 0) is 5.56 Å². The maximum atomic E-state index is 12.4. The Bertz CT molecular complexity index is 737. The summed E-state index contributed by atoms with van der Waals surface area (Å²) in [4.78, 5) is 28.9. The number of halogens is 1. The Balaban J connectivity index is 1.97. The summed E-state index contributed by atoms with van der Waals surface area (Å²) >= 11 is 6.12. The van der Waals surface area contributed by atoms with Crippen LogP contribution in [0, 0.1) is 0 Å². The second-order valence-corrected chi connectivity index (χ2v) is 5.23. The number of rotatable bonds is 2. The van der Waals surface area contributed by atoms with E-state index in [1.54, 1.807) is 24.3 Å². The second kappa shape index (κ2) is 5.62. The lowest BCUT2D eigenvalue weighted by Crippen LogP contribution is -2.38. The zero-order valence-electron chi connectivity index (χ0n) is 11.1. The van der Waals surface area contributed by atoms with Crippen molar-refractivity contribution in [3.05, 3.63) is 71.3 Å². The highest BCUT2D eigenvalue weighted by molar-refractivity contribution is 6.64. The maximum absolute atomic E-state index is 12.4. The van der Waals surface area contributed by atoms with Gasteiger partial charge in [0.1, 0.15) is 11.1 Å². The third-order valence-electron chi connectivity index (χ3n) is 3.41. The molecule has 3 rings (SSSR count). The first-order valence-electron chi connectivity index (χ1n) is 6.59. The molecule has 4 heteroatoms. The second-order valence-electron chi connectivity index (χ2n) is 4.79. The number of alkyl halides is 1. The molecule has 1 aliphatic carbocycles. The fourth-order valence-electron chi connectivity index (χ4n) is 2.32. The Labute approximate surface area is 127 Å². The first kappa shape index (κ1) is 13.7. The van der Waals surface area contributed by atoms with Gasteiger partial charge in [-0.15, -0.1) is 11.6 Å². The summed E-state index contributed by atoms with van der Waals surface area (Å²) in [5, 5.41) is -1.00. The molecule has 2 aromatic carbocycles. The lowest BCUT2D eigenvalue weighted by molar-refractivity contribution is 0.0967. The van der Waals surface area contributed by atoms with Gasteiger partial charge in [0.05, 0.1) is 6.54 Å². The summed E-state index contributed by atoms with van der Waals surface area (Å²) in [6.45, 7) is 0.334. The fourth-order valence-corrected chi connectivity index (χ4v) is 2.61. The molecule has 0 N–H and O–H groups in total. The number of carbonyl (C=O) groups excluding carboxylic acids is 2. The Morgan fingerprint density at radius 2 is 1.52 bits per heavy atom. The van der Waals surface area contributed by atoms with Crippen molar-refractivity contribution in [2.45, 2.75) is 11.9 Å². The van der Waals surface area contributed by atoms with Crippen LogP contribution in [0.15, 0.2) is 59.6 Å². The number of ketones is 2. The largest absolute Gasteiger partial charge is 0.292 e. The highest BCUT2D eigenvalue weighted by Crippen LogP contribution is 2.23. The Hall–Kier alpha value is -2.26. The average molecular weight is 298 g/mol. The predicted molar refractivity (Wildman–Crippen MR) is 82.3 cm³/mol. The monoisotopic (exact) mass is 297 g/mol. The van der Waals surface area contributed by atoms with Crippen LogP contribution in [0.3, 0.4) is 0 Å². The number of hydrogen-bond donors (Lipinski definition) is 0. The van der Waals surface area contributed by atoms with Crippen LogP contribution < -0.4 is 0 Å². The van der Waals surface area contributed by atoms with Gasteiger partial charge in [-0.3, -0.25) is 14.6 Å². The van der Waals surface area contributed by atoms with Crippen molar-refractivity contribution < 1.29 is 9.59 Å². The van der Waals surface area contributed by atoms with Crippen molar-refractivity contribution in [2.75, 3.05) is 0 Å². The first-order chi connectivity index (χ1) is 10.2. The van der Waals surface area contributed by atoms with Crippen molar-refractivity contribution in [3.8, 4) is 0 Å². The summed E-state index contributed by atoms with van der Waals surface area (Å²) < 4.78 is 0. The molecule has 0 aliphatic heterocycles. The molecule has 1 aliphatic rings. The van der Waals surface area contributed by atoms with Gasteiger partial charge in [0, 0.05) is 11.1 Å². The summed E-state index contributed by atoms with van der Waals surface area (Å²) in [6, 6.07) is 16.2. The molecule has 0 bridgehead atoms. The van der Waals surface area contributed by atoms with Crippen LogP contribution in [0.4, 0.5) is 0 Å². The molecule has 0 radical (unpaired) electrons. The van der Waals surface area contributed by atoms with Gasteiger partial charge in [-0.2, -0.15) is 0 Å². The fraction of sp³-hybridized carbons (Fsp3) is 0.118. The van der Waals surface area contributed by atoms with Gasteiger partial charge < -0.3 is 0 Å². The summed E-state index contributed by atoms with van der Waals surface area (Å²) in [6.07, 6.45) is 0. The highest BCUT2D eigenvalue weighted by Gasteiger charge is 2.36. The number of Topliss-reactive ketones (excluding diaryl/α,β-unsaturated/α-hetero) is 2. The van der Waals surface area contributed by atoms with Crippen molar-refractivity contribution in [2.24, 2.45) is 4.99 Å². The molecule has 104 valence electrons. The van der Waals surface area contributed by atoms with Crippen LogP contribution in [0.25, 0.3) is 0 Å². The van der Waals surface area contributed by atoms with Gasteiger partial charge in [0.2, 0.25) is 5.78 Å². The van der Waals surface area contributed by atoms with Crippen molar-refractivity contribution in [1.82, 2.24) is 0 Å². The van der Waals surface area contributed by atoms with E-state index >= 15 is 0 Å². The quantitative estimate of drug-likeness (QED) is 0.798. The number of carbonyl (C=O) groups is 2. The standard InChI is InChI=1S/C17H12ClNO2/c18-14-15(19-10-11-6-2-1-3-7-11)17(21)13-9-5-4-8-12(13)16(14)20/h1-9,14H,10H2. The number of benzene rings is 2. The minimum atomic E-state index is -1.00. The maximum Gasteiger partial charge on any atom is 0.209 e. The third kappa shape index (κ3) is 2.52. The van der Waals surface area contributed by atoms with E-state index in [4.69, 9.17) is 11.6 Å². The molecular formula is C17H12ClNO2. The van der Waals surface area contributed by atoms with Gasteiger partial charge in [0.15, 0.2) is 5.78 Å². The van der Waals surface area contributed by atoms with Crippen molar-refractivity contribution in [3.63, 3.8) is 0 Å². The SMILES string of the molecule is O=C1C(=NCc2ccccc2)C(Cl)C(=O)c2ccccc21. The zero-order valence-corrected chi connectivity index (χ0v) is 11.9. The molecule has 2 aromatic rings. The number of aliphatic imine (C=N–C) groups is 1. The number of fused-ring (bicyclic) bond motifs is 1. The molecule has 0 saturated heterocycles. The van der Waals surface area contributed by atoms with Crippen LogP contribution in [0.2, 0.25) is 0 Å². The van der Waals surface area contributed by atoms with Crippen LogP contribution in [0.5, 0.6) is 0 Å². The summed E-state index contributed by atoms with van der Waals surface area (Å²) in [7, 11) is 0. The molecule has 0 saturated carbocycles. The molecule has 21 heavy (non-hydrogen) atoms. The first-order valence-corrected chi connectivity index (χ1v) is 7.02. The van der Waals surface area contributed by atoms with Gasteiger partial charge in [-0.1, -0.05) is 54.6 Å². The van der Waals surface area contributed by atoms with Crippen molar-refractivity contribution in [1.29, 1.82) is 0 Å². The van der Waals surface area contributed by atoms with Crippen molar-refractivity contribution >= 4 is 28.9 Å². The van der Waals surface area contributed by atoms with E-state index in [2.05, 4.69) is 4.99 Å². The third-order valence-corrected chi connectivity index (χ3v) is 3.82. The van der Waals surface area contributed by atoms with E-state index in [1.165, 1.54) is 0 Å². The molecule has 0 heterocycles. The van der Waals surface area contributed by atoms with Gasteiger partial charge in [0.25, 0.3) is 0 Å². The van der Waals surface area contributed by atoms with Crippen LogP contribution in [-0.4, -0.2) is 22.7 Å². The lowest BCUT2D eigenvalue weighted by Gasteiger charge is -2.19. The van der Waals surface area contributed by atoms with E-state index in [1.807, 2.05) is 30.3 Å². The minimum absolute atomic E-state index is 0.129. The number of nitrogens with zero attached hydrogens (tertiary/aromatic N) is 1.